The average molecular weight is 472 g/mol. The lowest BCUT2D eigenvalue weighted by Crippen LogP contribution is -2.49. The Balaban J connectivity index is 1.76. The van der Waals surface area contributed by atoms with Crippen LogP contribution in [0.2, 0.25) is 0 Å². The van der Waals surface area contributed by atoms with Gasteiger partial charge in [-0.05, 0) is 53.7 Å². The van der Waals surface area contributed by atoms with Gasteiger partial charge in [-0.3, -0.25) is 9.48 Å². The highest BCUT2D eigenvalue weighted by atomic mass is 79.9. The van der Waals surface area contributed by atoms with Crippen molar-refractivity contribution in [3.63, 3.8) is 0 Å². The SMILES string of the molecule is C[C@@H]1C(=O)C(C#N)=C[C@]2(c3ccccc3)c3c(cnn3Cc3ccc(Br)cc3)CC[C@@H]12. The number of halogens is 1. The number of hydrogen-bond acceptors (Lipinski definition) is 3. The van der Waals surface area contributed by atoms with Crippen molar-refractivity contribution in [3.05, 3.63) is 99.3 Å². The van der Waals surface area contributed by atoms with Crippen molar-refractivity contribution in [2.24, 2.45) is 11.8 Å². The van der Waals surface area contributed by atoms with Crippen LogP contribution >= 0.6 is 15.9 Å². The summed E-state index contributed by atoms with van der Waals surface area (Å²) in [5, 5.41) is 14.6. The molecule has 5 rings (SSSR count). The zero-order valence-corrected chi connectivity index (χ0v) is 18.8. The number of aromatic nitrogens is 2. The quantitative estimate of drug-likeness (QED) is 0.526. The van der Waals surface area contributed by atoms with Crippen LogP contribution in [0, 0.1) is 23.2 Å². The van der Waals surface area contributed by atoms with Crippen molar-refractivity contribution in [2.75, 3.05) is 0 Å². The molecule has 0 N–H and O–H groups in total. The zero-order valence-electron chi connectivity index (χ0n) is 17.3. The first-order valence-electron chi connectivity index (χ1n) is 10.6. The van der Waals surface area contributed by atoms with Gasteiger partial charge >= 0.3 is 0 Å². The second-order valence-corrected chi connectivity index (χ2v) is 9.42. The van der Waals surface area contributed by atoms with E-state index in [1.54, 1.807) is 0 Å². The summed E-state index contributed by atoms with van der Waals surface area (Å²) in [7, 11) is 0. The monoisotopic (exact) mass is 471 g/mol. The van der Waals surface area contributed by atoms with Crippen molar-refractivity contribution in [3.8, 4) is 6.07 Å². The van der Waals surface area contributed by atoms with Gasteiger partial charge in [0.15, 0.2) is 5.78 Å². The van der Waals surface area contributed by atoms with Crippen LogP contribution in [0.3, 0.4) is 0 Å². The van der Waals surface area contributed by atoms with Gasteiger partial charge in [0.25, 0.3) is 0 Å². The van der Waals surface area contributed by atoms with E-state index >= 15 is 0 Å². The highest BCUT2D eigenvalue weighted by Crippen LogP contribution is 2.53. The van der Waals surface area contributed by atoms with Crippen LogP contribution in [0.4, 0.5) is 0 Å². The maximum atomic E-state index is 12.9. The van der Waals surface area contributed by atoms with E-state index in [4.69, 9.17) is 5.10 Å². The largest absolute Gasteiger partial charge is 0.293 e. The lowest BCUT2D eigenvalue weighted by atomic mass is 9.54. The highest BCUT2D eigenvalue weighted by Gasteiger charge is 2.53. The van der Waals surface area contributed by atoms with Crippen LogP contribution in [0.25, 0.3) is 0 Å². The normalized spacial score (nSPS) is 24.7. The number of hydrogen-bond donors (Lipinski definition) is 0. The van der Waals surface area contributed by atoms with E-state index in [9.17, 15) is 10.1 Å². The molecular formula is C26H22BrN3O. The van der Waals surface area contributed by atoms with E-state index < -0.39 is 5.41 Å². The fourth-order valence-corrected chi connectivity index (χ4v) is 5.73. The topological polar surface area (TPSA) is 58.7 Å². The van der Waals surface area contributed by atoms with Gasteiger partial charge in [0, 0.05) is 10.4 Å². The number of benzene rings is 2. The number of aryl methyl sites for hydroxylation is 1. The Morgan fingerprint density at radius 2 is 1.94 bits per heavy atom. The second-order valence-electron chi connectivity index (χ2n) is 8.51. The van der Waals surface area contributed by atoms with Gasteiger partial charge in [0.1, 0.15) is 6.07 Å². The second kappa shape index (κ2) is 7.62. The summed E-state index contributed by atoms with van der Waals surface area (Å²) in [4.78, 5) is 12.9. The van der Waals surface area contributed by atoms with E-state index in [1.807, 2.05) is 49.5 Å². The van der Waals surface area contributed by atoms with Crippen LogP contribution in [-0.4, -0.2) is 15.6 Å². The van der Waals surface area contributed by atoms with E-state index in [-0.39, 0.29) is 23.2 Å². The third-order valence-electron chi connectivity index (χ3n) is 6.89. The van der Waals surface area contributed by atoms with E-state index in [0.717, 1.165) is 34.1 Å². The molecule has 0 amide bonds. The molecule has 5 heteroatoms. The maximum absolute atomic E-state index is 12.9. The van der Waals surface area contributed by atoms with Crippen LogP contribution in [0.1, 0.15) is 35.7 Å². The van der Waals surface area contributed by atoms with E-state index in [1.165, 1.54) is 5.56 Å². The van der Waals surface area contributed by atoms with Gasteiger partial charge in [-0.1, -0.05) is 65.3 Å². The molecule has 0 spiro atoms. The molecule has 4 nitrogen and oxygen atoms in total. The summed E-state index contributed by atoms with van der Waals surface area (Å²) in [6, 6.07) is 20.8. The summed E-state index contributed by atoms with van der Waals surface area (Å²) < 4.78 is 3.12. The first kappa shape index (κ1) is 20.0. The summed E-state index contributed by atoms with van der Waals surface area (Å²) in [5.74, 6) is -0.169. The van der Waals surface area contributed by atoms with Crippen molar-refractivity contribution in [1.29, 1.82) is 5.26 Å². The van der Waals surface area contributed by atoms with Gasteiger partial charge in [0.05, 0.1) is 29.4 Å². The molecule has 0 radical (unpaired) electrons. The lowest BCUT2D eigenvalue weighted by molar-refractivity contribution is -0.121. The molecular weight excluding hydrogens is 450 g/mol. The molecule has 3 aromatic rings. The molecule has 154 valence electrons. The molecule has 0 unspecified atom stereocenters. The van der Waals surface area contributed by atoms with Gasteiger partial charge in [-0.15, -0.1) is 0 Å². The van der Waals surface area contributed by atoms with Crippen molar-refractivity contribution >= 4 is 21.7 Å². The summed E-state index contributed by atoms with van der Waals surface area (Å²) in [6.45, 7) is 2.62. The van der Waals surface area contributed by atoms with Crippen LogP contribution in [0.5, 0.6) is 0 Å². The molecule has 3 atom stereocenters. The minimum absolute atomic E-state index is 0.0403. The first-order chi connectivity index (χ1) is 15.0. The van der Waals surface area contributed by atoms with Crippen molar-refractivity contribution in [1.82, 2.24) is 9.78 Å². The molecule has 1 heterocycles. The van der Waals surface area contributed by atoms with Gasteiger partial charge < -0.3 is 0 Å². The molecule has 2 aromatic carbocycles. The Morgan fingerprint density at radius 3 is 2.65 bits per heavy atom. The predicted octanol–water partition coefficient (Wildman–Crippen LogP) is 5.21. The maximum Gasteiger partial charge on any atom is 0.176 e. The number of ketones is 1. The molecule has 2 aliphatic rings. The van der Waals surface area contributed by atoms with E-state index in [2.05, 4.69) is 50.9 Å². The fraction of sp³-hybridized carbons (Fsp3) is 0.269. The van der Waals surface area contributed by atoms with Gasteiger partial charge in [-0.25, -0.2) is 0 Å². The predicted molar refractivity (Wildman–Crippen MR) is 122 cm³/mol. The highest BCUT2D eigenvalue weighted by molar-refractivity contribution is 9.10. The number of allylic oxidation sites excluding steroid dienone is 2. The zero-order chi connectivity index (χ0) is 21.6. The lowest BCUT2D eigenvalue weighted by Gasteiger charge is -2.48. The Kier molecular flexibility index (Phi) is 4.91. The Bertz CT molecular complexity index is 1220. The summed E-state index contributed by atoms with van der Waals surface area (Å²) >= 11 is 3.50. The molecule has 0 saturated heterocycles. The molecule has 1 aromatic heterocycles. The Hall–Kier alpha value is -2.97. The standard InChI is InChI=1S/C26H22BrN3O/c1-17-23-12-9-19-15-29-30(16-18-7-10-22(27)11-8-18)25(19)26(23,13-20(14-28)24(17)31)21-5-3-2-4-6-21/h2-8,10-11,13,15,17,23H,9,12,16H2,1H3/t17-,23-,26+/m0/s1. The van der Waals surface area contributed by atoms with Crippen LogP contribution < -0.4 is 0 Å². The minimum Gasteiger partial charge on any atom is -0.293 e. The molecule has 0 fully saturated rings. The van der Waals surface area contributed by atoms with Crippen LogP contribution in [0.15, 0.2) is 76.9 Å². The number of nitrogens with zero attached hydrogens (tertiary/aromatic N) is 3. The van der Waals surface area contributed by atoms with Gasteiger partial charge in [-0.2, -0.15) is 10.4 Å². The van der Waals surface area contributed by atoms with E-state index in [0.29, 0.717) is 6.54 Å². The third kappa shape index (κ3) is 3.09. The number of nitriles is 1. The number of fused-ring (bicyclic) bond motifs is 3. The molecule has 0 bridgehead atoms. The molecule has 0 aliphatic heterocycles. The Labute approximate surface area is 190 Å². The number of rotatable bonds is 3. The first-order valence-corrected chi connectivity index (χ1v) is 11.4. The van der Waals surface area contributed by atoms with Gasteiger partial charge in [0.2, 0.25) is 0 Å². The van der Waals surface area contributed by atoms with Crippen molar-refractivity contribution in [2.45, 2.75) is 31.7 Å². The average Bonchev–Trinajstić information content (AvgIpc) is 3.21. The summed E-state index contributed by atoms with van der Waals surface area (Å²) in [5.41, 5.74) is 4.31. The summed E-state index contributed by atoms with van der Waals surface area (Å²) in [6.07, 6.45) is 5.69. The number of carbonyl (C=O) groups excluding carboxylic acids is 1. The van der Waals surface area contributed by atoms with Crippen LogP contribution in [-0.2, 0) is 23.2 Å². The fourth-order valence-electron chi connectivity index (χ4n) is 5.47. The molecule has 0 saturated carbocycles. The Morgan fingerprint density at radius 1 is 1.19 bits per heavy atom. The van der Waals surface area contributed by atoms with Crippen molar-refractivity contribution < 1.29 is 4.79 Å². The minimum atomic E-state index is -0.543. The molecule has 31 heavy (non-hydrogen) atoms. The number of Topliss-reactive ketones (excluding diaryl/α,β-unsaturated/α-hetero) is 1. The number of carbonyl (C=O) groups is 1. The molecule has 2 aliphatic carbocycles. The smallest absolute Gasteiger partial charge is 0.176 e. The third-order valence-corrected chi connectivity index (χ3v) is 7.42.